The molecule has 0 bridgehead atoms. The van der Waals surface area contributed by atoms with Crippen molar-refractivity contribution in [3.63, 3.8) is 0 Å². The zero-order chi connectivity index (χ0) is 20.3. The first-order valence-corrected chi connectivity index (χ1v) is 9.05. The first-order chi connectivity index (χ1) is 13.4. The van der Waals surface area contributed by atoms with Gasteiger partial charge in [-0.2, -0.15) is 0 Å². The van der Waals surface area contributed by atoms with Gasteiger partial charge in [0.25, 0.3) is 5.69 Å². The van der Waals surface area contributed by atoms with Crippen molar-refractivity contribution in [2.45, 2.75) is 6.04 Å². The van der Waals surface area contributed by atoms with E-state index in [1.807, 2.05) is 4.90 Å². The molecule has 1 saturated heterocycles. The average molecular weight is 408 g/mol. The van der Waals surface area contributed by atoms with Crippen molar-refractivity contribution < 1.29 is 18.8 Å². The Kier molecular flexibility index (Phi) is 6.11. The highest BCUT2D eigenvalue weighted by Gasteiger charge is 2.33. The molecule has 0 saturated carbocycles. The lowest BCUT2D eigenvalue weighted by Crippen LogP contribution is -2.49. The van der Waals surface area contributed by atoms with Gasteiger partial charge in [-0.3, -0.25) is 15.0 Å². The van der Waals surface area contributed by atoms with Crippen LogP contribution in [0.25, 0.3) is 0 Å². The second-order valence-electron chi connectivity index (χ2n) is 6.36. The number of non-ortho nitro benzene ring substituents is 1. The summed E-state index contributed by atoms with van der Waals surface area (Å²) in [5, 5.41) is 11.3. The largest absolute Gasteiger partial charge is 0.468 e. The van der Waals surface area contributed by atoms with E-state index in [1.54, 1.807) is 29.2 Å². The number of rotatable bonds is 5. The minimum atomic E-state index is -0.650. The minimum Gasteiger partial charge on any atom is -0.468 e. The fraction of sp³-hybridized carbons (Fsp3) is 0.316. The molecule has 7 nitrogen and oxygen atoms in total. The van der Waals surface area contributed by atoms with Crippen molar-refractivity contribution in [2.75, 3.05) is 38.2 Å². The molecule has 0 radical (unpaired) electrons. The second-order valence-corrected chi connectivity index (χ2v) is 6.77. The predicted molar refractivity (Wildman–Crippen MR) is 103 cm³/mol. The van der Waals surface area contributed by atoms with Crippen molar-refractivity contribution in [1.82, 2.24) is 4.90 Å². The molecular weight excluding hydrogens is 389 g/mol. The smallest absolute Gasteiger partial charge is 0.327 e. The third kappa shape index (κ3) is 4.07. The number of anilines is 1. The molecule has 148 valence electrons. The monoisotopic (exact) mass is 407 g/mol. The second kappa shape index (κ2) is 8.53. The van der Waals surface area contributed by atoms with Gasteiger partial charge in [0.15, 0.2) is 5.82 Å². The van der Waals surface area contributed by atoms with Crippen LogP contribution in [-0.4, -0.2) is 49.1 Å². The number of esters is 1. The van der Waals surface area contributed by atoms with Gasteiger partial charge < -0.3 is 9.64 Å². The van der Waals surface area contributed by atoms with Crippen molar-refractivity contribution in [3.8, 4) is 0 Å². The number of hydrogen-bond donors (Lipinski definition) is 0. The first kappa shape index (κ1) is 20.0. The summed E-state index contributed by atoms with van der Waals surface area (Å²) in [5.74, 6) is -1.05. The Bertz CT molecular complexity index is 887. The summed E-state index contributed by atoms with van der Waals surface area (Å²) in [7, 11) is 1.33. The normalized spacial score (nSPS) is 15.9. The molecule has 2 aromatic carbocycles. The average Bonchev–Trinajstić information content (AvgIpc) is 2.70. The Morgan fingerprint density at radius 3 is 2.46 bits per heavy atom. The number of nitrogens with zero attached hydrogens (tertiary/aromatic N) is 3. The fourth-order valence-electron chi connectivity index (χ4n) is 3.37. The molecule has 0 amide bonds. The van der Waals surface area contributed by atoms with E-state index in [2.05, 4.69) is 0 Å². The quantitative estimate of drug-likeness (QED) is 0.429. The van der Waals surface area contributed by atoms with Crippen LogP contribution in [0.3, 0.4) is 0 Å². The van der Waals surface area contributed by atoms with E-state index >= 15 is 0 Å². The van der Waals surface area contributed by atoms with Crippen LogP contribution in [0.5, 0.6) is 0 Å². The fourth-order valence-corrected chi connectivity index (χ4v) is 3.61. The Labute approximate surface area is 166 Å². The minimum absolute atomic E-state index is 0.288. The van der Waals surface area contributed by atoms with Gasteiger partial charge in [-0.15, -0.1) is 0 Å². The molecule has 1 unspecified atom stereocenters. The number of piperazine rings is 1. The van der Waals surface area contributed by atoms with E-state index < -0.39 is 22.8 Å². The van der Waals surface area contributed by atoms with Crippen LogP contribution in [0.4, 0.5) is 15.8 Å². The predicted octanol–water partition coefficient (Wildman–Crippen LogP) is 3.42. The highest BCUT2D eigenvalue weighted by atomic mass is 35.5. The van der Waals surface area contributed by atoms with Gasteiger partial charge in [0.2, 0.25) is 0 Å². The van der Waals surface area contributed by atoms with Gasteiger partial charge >= 0.3 is 5.97 Å². The molecule has 28 heavy (non-hydrogen) atoms. The number of hydrogen-bond acceptors (Lipinski definition) is 6. The topological polar surface area (TPSA) is 75.9 Å². The van der Waals surface area contributed by atoms with E-state index in [-0.39, 0.29) is 5.69 Å². The summed E-state index contributed by atoms with van der Waals surface area (Å²) in [5.41, 5.74) is 0.674. The van der Waals surface area contributed by atoms with E-state index in [4.69, 9.17) is 16.3 Å². The number of methoxy groups -OCH3 is 1. The number of benzene rings is 2. The molecule has 0 N–H and O–H groups in total. The van der Waals surface area contributed by atoms with Crippen molar-refractivity contribution in [1.29, 1.82) is 0 Å². The summed E-state index contributed by atoms with van der Waals surface area (Å²) in [6.45, 7) is 1.85. The lowest BCUT2D eigenvalue weighted by atomic mass is 10.0. The molecule has 0 aliphatic carbocycles. The van der Waals surface area contributed by atoms with Gasteiger partial charge in [0.1, 0.15) is 6.04 Å². The van der Waals surface area contributed by atoms with Crippen molar-refractivity contribution in [3.05, 3.63) is 69.0 Å². The number of nitro groups is 1. The maximum absolute atomic E-state index is 14.3. The Hall–Kier alpha value is -2.71. The molecule has 1 heterocycles. The molecule has 3 rings (SSSR count). The van der Waals surface area contributed by atoms with E-state index in [0.29, 0.717) is 42.5 Å². The Balaban J connectivity index is 1.77. The first-order valence-electron chi connectivity index (χ1n) is 8.67. The molecule has 2 aromatic rings. The lowest BCUT2D eigenvalue weighted by molar-refractivity contribution is -0.385. The zero-order valence-corrected chi connectivity index (χ0v) is 15.9. The third-order valence-electron chi connectivity index (χ3n) is 4.79. The van der Waals surface area contributed by atoms with Crippen LogP contribution in [0, 0.1) is 15.9 Å². The Morgan fingerprint density at radius 1 is 1.21 bits per heavy atom. The molecule has 1 aliphatic rings. The number of ether oxygens (including phenoxy) is 1. The zero-order valence-electron chi connectivity index (χ0n) is 15.2. The molecule has 0 spiro atoms. The number of carbonyl (C=O) groups is 1. The highest BCUT2D eigenvalue weighted by Crippen LogP contribution is 2.31. The van der Waals surface area contributed by atoms with Crippen LogP contribution in [0.15, 0.2) is 42.5 Å². The van der Waals surface area contributed by atoms with Crippen molar-refractivity contribution >= 4 is 28.9 Å². The van der Waals surface area contributed by atoms with Gasteiger partial charge in [0.05, 0.1) is 23.8 Å². The number of carbonyl (C=O) groups excluding carboxylic acids is 1. The molecule has 0 aromatic heterocycles. The van der Waals surface area contributed by atoms with E-state index in [9.17, 15) is 19.3 Å². The molecule has 1 fully saturated rings. The summed E-state index contributed by atoms with van der Waals surface area (Å²) < 4.78 is 19.3. The van der Waals surface area contributed by atoms with Crippen LogP contribution in [0.1, 0.15) is 11.6 Å². The third-order valence-corrected chi connectivity index (χ3v) is 5.13. The SMILES string of the molecule is COC(=O)C(c1ccccc1Cl)N1CCN(c2ccc([N+](=O)[O-])cc2F)CC1. The van der Waals surface area contributed by atoms with Crippen LogP contribution in [0.2, 0.25) is 5.02 Å². The van der Waals surface area contributed by atoms with Gasteiger partial charge in [-0.1, -0.05) is 29.8 Å². The standard InChI is InChI=1S/C19H19ClFN3O4/c1-28-19(25)18(14-4-2-3-5-15(14)20)23-10-8-22(9-11-23)17-7-6-13(24(26)27)12-16(17)21/h2-7,12,18H,8-11H2,1H3. The van der Waals surface area contributed by atoms with Crippen LogP contribution < -0.4 is 4.90 Å². The number of halogens is 2. The summed E-state index contributed by atoms with van der Waals surface area (Å²) in [4.78, 5) is 26.3. The van der Waals surface area contributed by atoms with Gasteiger partial charge in [0, 0.05) is 37.3 Å². The van der Waals surface area contributed by atoms with E-state index in [1.165, 1.54) is 19.2 Å². The van der Waals surface area contributed by atoms with Gasteiger partial charge in [-0.25, -0.2) is 9.18 Å². The molecule has 9 heteroatoms. The highest BCUT2D eigenvalue weighted by molar-refractivity contribution is 6.31. The maximum Gasteiger partial charge on any atom is 0.327 e. The number of nitro benzene ring substituents is 1. The Morgan fingerprint density at radius 2 is 1.89 bits per heavy atom. The van der Waals surface area contributed by atoms with Crippen molar-refractivity contribution in [2.24, 2.45) is 0 Å². The molecular formula is C19H19ClFN3O4. The lowest BCUT2D eigenvalue weighted by Gasteiger charge is -2.39. The molecule has 1 aliphatic heterocycles. The van der Waals surface area contributed by atoms with Crippen LogP contribution in [-0.2, 0) is 9.53 Å². The maximum atomic E-state index is 14.3. The van der Waals surface area contributed by atoms with Crippen LogP contribution >= 0.6 is 11.6 Å². The summed E-state index contributed by atoms with van der Waals surface area (Å²) in [6, 6.07) is 10.1. The van der Waals surface area contributed by atoms with E-state index in [0.717, 1.165) is 6.07 Å². The summed E-state index contributed by atoms with van der Waals surface area (Å²) in [6.07, 6.45) is 0. The van der Waals surface area contributed by atoms with Gasteiger partial charge in [-0.05, 0) is 17.7 Å². The summed E-state index contributed by atoms with van der Waals surface area (Å²) >= 11 is 6.28. The molecule has 1 atom stereocenters.